The lowest BCUT2D eigenvalue weighted by Crippen LogP contribution is -2.35. The van der Waals surface area contributed by atoms with Crippen LogP contribution in [0.5, 0.6) is 0 Å². The van der Waals surface area contributed by atoms with Gasteiger partial charge in [0.15, 0.2) is 0 Å². The Morgan fingerprint density at radius 3 is 2.55 bits per heavy atom. The van der Waals surface area contributed by atoms with E-state index in [1.54, 1.807) is 11.9 Å². The van der Waals surface area contributed by atoms with Crippen molar-refractivity contribution in [2.24, 2.45) is 0 Å². The summed E-state index contributed by atoms with van der Waals surface area (Å²) in [4.78, 5) is 0. The number of hydrogen-bond acceptors (Lipinski definition) is 2. The Hall–Kier alpha value is 0.0500. The molecule has 0 heterocycles. The molecule has 1 unspecified atom stereocenters. The Kier molecular flexibility index (Phi) is 5.69. The van der Waals surface area contributed by atoms with E-state index in [0.717, 1.165) is 0 Å². The van der Waals surface area contributed by atoms with Crippen LogP contribution in [0, 0.1) is 0 Å². The number of allylic oxidation sites excluding steroid dienone is 1. The van der Waals surface area contributed by atoms with Crippen molar-refractivity contribution in [2.45, 2.75) is 39.2 Å². The molecular formula is C9H19NS. The molecule has 0 aliphatic rings. The molecule has 11 heavy (non-hydrogen) atoms. The summed E-state index contributed by atoms with van der Waals surface area (Å²) in [6.45, 7) is 6.51. The molecule has 0 rings (SSSR count). The Labute approximate surface area is 74.8 Å². The van der Waals surface area contributed by atoms with Crippen molar-refractivity contribution in [3.05, 3.63) is 12.2 Å². The van der Waals surface area contributed by atoms with Gasteiger partial charge in [0.1, 0.15) is 0 Å². The molecule has 0 radical (unpaired) electrons. The summed E-state index contributed by atoms with van der Waals surface area (Å²) in [5.41, 5.74) is 0.183. The van der Waals surface area contributed by atoms with Crippen LogP contribution in [-0.2, 0) is 0 Å². The first-order valence-corrected chi connectivity index (χ1v) is 5.35. The van der Waals surface area contributed by atoms with Crippen LogP contribution < -0.4 is 4.72 Å². The smallest absolute Gasteiger partial charge is 0.0433 e. The molecule has 0 aromatic carbocycles. The van der Waals surface area contributed by atoms with Crippen molar-refractivity contribution in [1.29, 1.82) is 0 Å². The molecule has 0 aliphatic carbocycles. The molecule has 0 aromatic heterocycles. The highest BCUT2D eigenvalue weighted by atomic mass is 32.2. The van der Waals surface area contributed by atoms with Gasteiger partial charge in [-0.15, -0.1) is 0 Å². The highest BCUT2D eigenvalue weighted by Crippen LogP contribution is 2.16. The van der Waals surface area contributed by atoms with E-state index in [9.17, 15) is 0 Å². The average molecular weight is 173 g/mol. The van der Waals surface area contributed by atoms with E-state index >= 15 is 0 Å². The van der Waals surface area contributed by atoms with Gasteiger partial charge >= 0.3 is 0 Å². The lowest BCUT2D eigenvalue weighted by molar-refractivity contribution is 0.491. The maximum Gasteiger partial charge on any atom is 0.0433 e. The lowest BCUT2D eigenvalue weighted by atomic mass is 9.97. The predicted molar refractivity (Wildman–Crippen MR) is 54.8 cm³/mol. The van der Waals surface area contributed by atoms with Crippen LogP contribution in [0.4, 0.5) is 0 Å². The van der Waals surface area contributed by atoms with E-state index in [0.29, 0.717) is 0 Å². The molecule has 0 aromatic rings. The van der Waals surface area contributed by atoms with Gasteiger partial charge in [-0.2, -0.15) is 0 Å². The van der Waals surface area contributed by atoms with Gasteiger partial charge in [-0.1, -0.05) is 37.4 Å². The van der Waals surface area contributed by atoms with Gasteiger partial charge in [-0.05, 0) is 26.5 Å². The van der Waals surface area contributed by atoms with E-state index in [2.05, 4.69) is 43.9 Å². The third kappa shape index (κ3) is 4.49. The second-order valence-electron chi connectivity index (χ2n) is 2.97. The van der Waals surface area contributed by atoms with Crippen LogP contribution in [0.1, 0.15) is 33.6 Å². The minimum absolute atomic E-state index is 0.183. The van der Waals surface area contributed by atoms with E-state index in [4.69, 9.17) is 0 Å². The standard InChI is InChI=1S/C9H19NS/c1-5-7-9(3,8-6-2)10-11-4/h5,7,10H,6,8H2,1-4H3/b7-5-. The quantitative estimate of drug-likeness (QED) is 0.506. The van der Waals surface area contributed by atoms with E-state index in [-0.39, 0.29) is 5.54 Å². The summed E-state index contributed by atoms with van der Waals surface area (Å²) in [6.07, 6.45) is 8.82. The van der Waals surface area contributed by atoms with Gasteiger partial charge in [0.05, 0.1) is 0 Å². The zero-order valence-electron chi connectivity index (χ0n) is 7.98. The van der Waals surface area contributed by atoms with Gasteiger partial charge in [0, 0.05) is 5.54 Å². The van der Waals surface area contributed by atoms with Crippen molar-refractivity contribution >= 4 is 11.9 Å². The molecule has 0 bridgehead atoms. The first kappa shape index (κ1) is 11.1. The Bertz CT molecular complexity index is 115. The molecule has 66 valence electrons. The fourth-order valence-electron chi connectivity index (χ4n) is 1.29. The summed E-state index contributed by atoms with van der Waals surface area (Å²) in [6, 6.07) is 0. The summed E-state index contributed by atoms with van der Waals surface area (Å²) in [5, 5.41) is 0. The molecule has 1 nitrogen and oxygen atoms in total. The third-order valence-corrected chi connectivity index (χ3v) is 2.31. The fraction of sp³-hybridized carbons (Fsp3) is 0.778. The van der Waals surface area contributed by atoms with Gasteiger partial charge < -0.3 is 0 Å². The minimum atomic E-state index is 0.183. The molecule has 0 aliphatic heterocycles. The molecule has 1 atom stereocenters. The first-order valence-electron chi connectivity index (χ1n) is 4.12. The summed E-state index contributed by atoms with van der Waals surface area (Å²) in [5.74, 6) is 0. The number of hydrogen-bond donors (Lipinski definition) is 1. The topological polar surface area (TPSA) is 12.0 Å². The second-order valence-corrected chi connectivity index (χ2v) is 3.59. The number of nitrogens with one attached hydrogen (secondary N) is 1. The summed E-state index contributed by atoms with van der Waals surface area (Å²) in [7, 11) is 0. The van der Waals surface area contributed by atoms with Crippen LogP contribution in [0.25, 0.3) is 0 Å². The molecule has 0 saturated heterocycles. The van der Waals surface area contributed by atoms with Crippen LogP contribution in [0.15, 0.2) is 12.2 Å². The molecule has 0 saturated carbocycles. The molecule has 0 amide bonds. The van der Waals surface area contributed by atoms with Crippen LogP contribution in [0.3, 0.4) is 0 Å². The second kappa shape index (κ2) is 5.67. The molecule has 1 N–H and O–H groups in total. The van der Waals surface area contributed by atoms with E-state index < -0.39 is 0 Å². The summed E-state index contributed by atoms with van der Waals surface area (Å²) >= 11 is 1.69. The molecule has 0 fully saturated rings. The number of rotatable bonds is 5. The van der Waals surface area contributed by atoms with E-state index in [1.807, 2.05) is 0 Å². The third-order valence-electron chi connectivity index (χ3n) is 1.64. The minimum Gasteiger partial charge on any atom is -0.255 e. The van der Waals surface area contributed by atoms with Gasteiger partial charge in [-0.25, -0.2) is 0 Å². The van der Waals surface area contributed by atoms with Crippen LogP contribution >= 0.6 is 11.9 Å². The Morgan fingerprint density at radius 1 is 1.55 bits per heavy atom. The zero-order valence-corrected chi connectivity index (χ0v) is 8.79. The Balaban J connectivity index is 4.01. The van der Waals surface area contributed by atoms with Crippen LogP contribution in [0.2, 0.25) is 0 Å². The summed E-state index contributed by atoms with van der Waals surface area (Å²) < 4.78 is 3.39. The van der Waals surface area contributed by atoms with Crippen molar-refractivity contribution in [1.82, 2.24) is 4.72 Å². The van der Waals surface area contributed by atoms with Gasteiger partial charge in [0.2, 0.25) is 0 Å². The van der Waals surface area contributed by atoms with Gasteiger partial charge in [-0.3, -0.25) is 4.72 Å². The lowest BCUT2D eigenvalue weighted by Gasteiger charge is -2.25. The van der Waals surface area contributed by atoms with Crippen molar-refractivity contribution in [2.75, 3.05) is 6.26 Å². The Morgan fingerprint density at radius 2 is 2.18 bits per heavy atom. The molecular weight excluding hydrogens is 154 g/mol. The van der Waals surface area contributed by atoms with Crippen molar-refractivity contribution in [3.63, 3.8) is 0 Å². The first-order chi connectivity index (χ1) is 5.18. The highest BCUT2D eigenvalue weighted by Gasteiger charge is 2.17. The molecule has 2 heteroatoms. The van der Waals surface area contributed by atoms with Crippen molar-refractivity contribution in [3.8, 4) is 0 Å². The normalized spacial score (nSPS) is 17.1. The van der Waals surface area contributed by atoms with E-state index in [1.165, 1.54) is 12.8 Å². The fourth-order valence-corrected chi connectivity index (χ4v) is 1.93. The average Bonchev–Trinajstić information content (AvgIpc) is 1.88. The molecule has 0 spiro atoms. The SMILES string of the molecule is C/C=C\C(C)(CCC)NSC. The highest BCUT2D eigenvalue weighted by molar-refractivity contribution is 7.96. The van der Waals surface area contributed by atoms with Gasteiger partial charge in [0.25, 0.3) is 0 Å². The largest absolute Gasteiger partial charge is 0.255 e. The monoisotopic (exact) mass is 173 g/mol. The predicted octanol–water partition coefficient (Wildman–Crippen LogP) is 2.99. The maximum absolute atomic E-state index is 3.39. The zero-order chi connectivity index (χ0) is 8.74. The maximum atomic E-state index is 3.39. The van der Waals surface area contributed by atoms with Crippen LogP contribution in [-0.4, -0.2) is 11.8 Å². The van der Waals surface area contributed by atoms with Crippen molar-refractivity contribution < 1.29 is 0 Å².